The zero-order valence-corrected chi connectivity index (χ0v) is 6.84. The van der Waals surface area contributed by atoms with Gasteiger partial charge in [-0.3, -0.25) is 14.4 Å². The zero-order chi connectivity index (χ0) is 9.40. The molecule has 0 aromatic rings. The van der Waals surface area contributed by atoms with Crippen LogP contribution in [0.5, 0.6) is 0 Å². The van der Waals surface area contributed by atoms with Crippen LogP contribution in [-0.4, -0.2) is 24.4 Å². The lowest BCUT2D eigenvalue weighted by Crippen LogP contribution is -2.09. The first kappa shape index (κ1) is 11.0. The molecule has 0 aliphatic heterocycles. The topological polar surface area (TPSA) is 77.2 Å². The van der Waals surface area contributed by atoms with Crippen molar-refractivity contribution in [2.24, 2.45) is 5.73 Å². The quantitative estimate of drug-likeness (QED) is 0.534. The molecule has 0 amide bonds. The van der Waals surface area contributed by atoms with E-state index in [2.05, 4.69) is 0 Å². The van der Waals surface area contributed by atoms with E-state index < -0.39 is 0 Å². The van der Waals surface area contributed by atoms with Gasteiger partial charge in [0, 0.05) is 19.3 Å². The average molecular weight is 170 g/mol. The number of nitrogens with two attached hydrogens (primary N) is 1. The van der Waals surface area contributed by atoms with Crippen molar-refractivity contribution >= 4 is 17.9 Å². The van der Waals surface area contributed by atoms with Crippen molar-refractivity contribution in [3.8, 4) is 0 Å². The molecule has 0 aliphatic carbocycles. The van der Waals surface area contributed by atoms with E-state index in [4.69, 9.17) is 5.73 Å². The van der Waals surface area contributed by atoms with Crippen LogP contribution >= 0.6 is 0 Å². The smallest absolute Gasteiger partial charge is 0.206 e. The second-order valence-electron chi connectivity index (χ2n) is 2.44. The molecule has 0 aliphatic rings. The Kier molecular flexibility index (Phi) is 6.09. The first-order valence-corrected chi connectivity index (χ1v) is 3.79. The van der Waals surface area contributed by atoms with Gasteiger partial charge in [-0.25, -0.2) is 0 Å². The second kappa shape index (κ2) is 6.67. The molecule has 0 rings (SSSR count). The molecule has 4 heteroatoms. The van der Waals surface area contributed by atoms with Crippen LogP contribution in [0.3, 0.4) is 0 Å². The van der Waals surface area contributed by atoms with Gasteiger partial charge in [-0.15, -0.1) is 0 Å². The van der Waals surface area contributed by atoms with Crippen molar-refractivity contribution in [2.75, 3.05) is 6.54 Å². The Balaban J connectivity index is 3.46. The van der Waals surface area contributed by atoms with Crippen molar-refractivity contribution in [3.05, 3.63) is 0 Å². The third-order valence-electron chi connectivity index (χ3n) is 1.38. The van der Waals surface area contributed by atoms with Crippen molar-refractivity contribution in [2.45, 2.75) is 25.7 Å². The van der Waals surface area contributed by atoms with Crippen LogP contribution in [0, 0.1) is 0 Å². The summed E-state index contributed by atoms with van der Waals surface area (Å²) in [6.07, 6.45) is 1.90. The molecule has 12 heavy (non-hydrogen) atoms. The predicted molar refractivity (Wildman–Crippen MR) is 43.2 cm³/mol. The molecule has 2 N–H and O–H groups in total. The molecule has 0 aromatic carbocycles. The molecular formula is C8H12NO3. The molecule has 0 atom stereocenters. The number of carbonyl (C=O) groups is 2. The van der Waals surface area contributed by atoms with Crippen molar-refractivity contribution in [3.63, 3.8) is 0 Å². The standard InChI is InChI=1S/C8H12NO3/c9-5-3-7(11)1-2-8(12)4-6-10/h1-5,9H2. The fourth-order valence-corrected chi connectivity index (χ4v) is 0.734. The van der Waals surface area contributed by atoms with Crippen LogP contribution in [0.4, 0.5) is 0 Å². The molecule has 0 aromatic heterocycles. The Morgan fingerprint density at radius 2 is 1.67 bits per heavy atom. The van der Waals surface area contributed by atoms with E-state index in [-0.39, 0.29) is 30.8 Å². The highest BCUT2D eigenvalue weighted by Gasteiger charge is 2.05. The zero-order valence-electron chi connectivity index (χ0n) is 6.84. The van der Waals surface area contributed by atoms with Crippen molar-refractivity contribution < 1.29 is 14.4 Å². The Labute approximate surface area is 71.1 Å². The van der Waals surface area contributed by atoms with Gasteiger partial charge < -0.3 is 5.73 Å². The Morgan fingerprint density at radius 3 is 2.17 bits per heavy atom. The average Bonchev–Trinajstić information content (AvgIpc) is 2.02. The van der Waals surface area contributed by atoms with Crippen LogP contribution in [0.2, 0.25) is 0 Å². The maximum Gasteiger partial charge on any atom is 0.206 e. The van der Waals surface area contributed by atoms with Crippen LogP contribution in [0.25, 0.3) is 0 Å². The van der Waals surface area contributed by atoms with Gasteiger partial charge in [0.15, 0.2) is 0 Å². The number of Topliss-reactive ketones (excluding diaryl/α,β-unsaturated/α-hetero) is 2. The van der Waals surface area contributed by atoms with E-state index in [1.165, 1.54) is 6.29 Å². The van der Waals surface area contributed by atoms with Gasteiger partial charge >= 0.3 is 0 Å². The lowest BCUT2D eigenvalue weighted by atomic mass is 10.1. The number of hydrogen-bond acceptors (Lipinski definition) is 4. The third-order valence-corrected chi connectivity index (χ3v) is 1.38. The molecule has 0 heterocycles. The highest BCUT2D eigenvalue weighted by atomic mass is 16.1. The summed E-state index contributed by atoms with van der Waals surface area (Å²) < 4.78 is 0. The molecule has 0 spiro atoms. The Morgan fingerprint density at radius 1 is 1.08 bits per heavy atom. The lowest BCUT2D eigenvalue weighted by molar-refractivity contribution is -0.123. The first-order valence-electron chi connectivity index (χ1n) is 3.79. The first-order chi connectivity index (χ1) is 5.70. The van der Waals surface area contributed by atoms with Crippen LogP contribution in [0.1, 0.15) is 25.7 Å². The highest BCUT2D eigenvalue weighted by molar-refractivity contribution is 5.92. The summed E-state index contributed by atoms with van der Waals surface area (Å²) in [5.41, 5.74) is 5.13. The molecule has 4 nitrogen and oxygen atoms in total. The number of ketones is 2. The number of carbonyl (C=O) groups excluding carboxylic acids is 3. The number of rotatable bonds is 7. The maximum absolute atomic E-state index is 10.8. The Bertz CT molecular complexity index is 177. The molecule has 0 saturated carbocycles. The Hall–Kier alpha value is -1.03. The minimum atomic E-state index is -0.240. The van der Waals surface area contributed by atoms with E-state index in [1.807, 2.05) is 0 Å². The van der Waals surface area contributed by atoms with Gasteiger partial charge in [0.05, 0.1) is 6.42 Å². The van der Waals surface area contributed by atoms with Crippen LogP contribution < -0.4 is 5.73 Å². The van der Waals surface area contributed by atoms with Crippen LogP contribution in [-0.2, 0) is 14.4 Å². The van der Waals surface area contributed by atoms with Gasteiger partial charge in [0.2, 0.25) is 6.29 Å². The summed E-state index contributed by atoms with van der Waals surface area (Å²) >= 11 is 0. The SMILES string of the molecule is NCCC(=O)CCC(=O)C[C]=O. The van der Waals surface area contributed by atoms with E-state index >= 15 is 0 Å². The van der Waals surface area contributed by atoms with Gasteiger partial charge in [-0.05, 0) is 6.54 Å². The second-order valence-corrected chi connectivity index (χ2v) is 2.44. The summed E-state index contributed by atoms with van der Waals surface area (Å²) in [5, 5.41) is 0. The predicted octanol–water partition coefficient (Wildman–Crippen LogP) is -0.247. The van der Waals surface area contributed by atoms with Gasteiger partial charge in [-0.2, -0.15) is 0 Å². The summed E-state index contributed by atoms with van der Waals surface area (Å²) in [6.45, 7) is 0.312. The maximum atomic E-state index is 10.8. The molecule has 0 unspecified atom stereocenters. The summed E-state index contributed by atoms with van der Waals surface area (Å²) in [7, 11) is 0. The van der Waals surface area contributed by atoms with E-state index in [0.29, 0.717) is 13.0 Å². The summed E-state index contributed by atoms with van der Waals surface area (Å²) in [4.78, 5) is 31.3. The summed E-state index contributed by atoms with van der Waals surface area (Å²) in [6, 6.07) is 0. The molecule has 0 fully saturated rings. The van der Waals surface area contributed by atoms with Crippen molar-refractivity contribution in [1.29, 1.82) is 0 Å². The van der Waals surface area contributed by atoms with Gasteiger partial charge in [0.25, 0.3) is 0 Å². The van der Waals surface area contributed by atoms with E-state index in [9.17, 15) is 14.4 Å². The highest BCUT2D eigenvalue weighted by Crippen LogP contribution is 1.97. The molecule has 1 radical (unpaired) electrons. The van der Waals surface area contributed by atoms with E-state index in [0.717, 1.165) is 0 Å². The third kappa shape index (κ3) is 5.73. The number of hydrogen-bond donors (Lipinski definition) is 1. The fraction of sp³-hybridized carbons (Fsp3) is 0.625. The minimum Gasteiger partial charge on any atom is -0.330 e. The van der Waals surface area contributed by atoms with Gasteiger partial charge in [-0.1, -0.05) is 0 Å². The largest absolute Gasteiger partial charge is 0.330 e. The summed E-state index contributed by atoms with van der Waals surface area (Å²) in [5.74, 6) is -0.271. The molecule has 0 bridgehead atoms. The fourth-order valence-electron chi connectivity index (χ4n) is 0.734. The lowest BCUT2D eigenvalue weighted by Gasteiger charge is -1.95. The van der Waals surface area contributed by atoms with Crippen LogP contribution in [0.15, 0.2) is 0 Å². The normalized spacial score (nSPS) is 9.42. The van der Waals surface area contributed by atoms with Crippen molar-refractivity contribution in [1.82, 2.24) is 0 Å². The molecular weight excluding hydrogens is 158 g/mol. The van der Waals surface area contributed by atoms with Gasteiger partial charge in [0.1, 0.15) is 11.6 Å². The molecule has 67 valence electrons. The monoisotopic (exact) mass is 170 g/mol. The van der Waals surface area contributed by atoms with E-state index in [1.54, 1.807) is 0 Å². The minimum absolute atomic E-state index is 0.0308. The molecule has 0 saturated heterocycles.